The number of pyridine rings is 1. The number of hydrogen-bond donors (Lipinski definition) is 0. The maximum Gasteiger partial charge on any atom is 0.263 e. The molecule has 0 aliphatic heterocycles. The lowest BCUT2D eigenvalue weighted by Gasteiger charge is -2.14. The third-order valence-electron chi connectivity index (χ3n) is 4.86. The van der Waals surface area contributed by atoms with Gasteiger partial charge in [0.05, 0.1) is 36.3 Å². The lowest BCUT2D eigenvalue weighted by atomic mass is 9.98. The van der Waals surface area contributed by atoms with Crippen LogP contribution in [-0.2, 0) is 0 Å². The van der Waals surface area contributed by atoms with Crippen LogP contribution in [-0.4, -0.2) is 21.1 Å². The molecule has 2 aromatic carbocycles. The first-order valence-electron chi connectivity index (χ1n) is 10.1. The van der Waals surface area contributed by atoms with Crippen molar-refractivity contribution in [1.29, 1.82) is 5.26 Å². The molecule has 2 heterocycles. The van der Waals surface area contributed by atoms with Crippen molar-refractivity contribution in [2.45, 2.75) is 13.3 Å². The number of benzene rings is 2. The number of halogens is 1. The summed E-state index contributed by atoms with van der Waals surface area (Å²) in [5.41, 5.74) is 3.22. The molecule has 0 bridgehead atoms. The summed E-state index contributed by atoms with van der Waals surface area (Å²) in [6.45, 7) is 2.56. The molecule has 158 valence electrons. The fourth-order valence-corrected chi connectivity index (χ4v) is 3.62. The fraction of sp³-hybridized carbons (Fsp3) is 0.120. The van der Waals surface area contributed by atoms with Crippen molar-refractivity contribution in [2.24, 2.45) is 0 Å². The van der Waals surface area contributed by atoms with Crippen molar-refractivity contribution in [3.8, 4) is 39.8 Å². The quantitative estimate of drug-likeness (QED) is 0.406. The van der Waals surface area contributed by atoms with E-state index in [2.05, 4.69) is 16.0 Å². The minimum atomic E-state index is -0.262. The van der Waals surface area contributed by atoms with Crippen LogP contribution >= 0.6 is 11.6 Å². The molecule has 0 saturated carbocycles. The molecule has 0 radical (unpaired) electrons. The van der Waals surface area contributed by atoms with Crippen molar-refractivity contribution < 1.29 is 4.74 Å². The zero-order chi connectivity index (χ0) is 22.5. The zero-order valence-corrected chi connectivity index (χ0v) is 18.1. The number of hydrogen-bond acceptors (Lipinski definition) is 5. The lowest BCUT2D eigenvalue weighted by Crippen LogP contribution is -2.20. The number of rotatable bonds is 6. The van der Waals surface area contributed by atoms with Crippen molar-refractivity contribution >= 4 is 11.6 Å². The fourth-order valence-electron chi connectivity index (χ4n) is 3.40. The Hall–Kier alpha value is -3.95. The topological polar surface area (TPSA) is 80.8 Å². The molecule has 32 heavy (non-hydrogen) atoms. The third-order valence-corrected chi connectivity index (χ3v) is 5.07. The van der Waals surface area contributed by atoms with E-state index in [0.29, 0.717) is 50.9 Å². The second-order valence-corrected chi connectivity index (χ2v) is 7.53. The number of aromatic nitrogens is 3. The normalized spacial score (nSPS) is 10.5. The molecular weight excluding hydrogens is 424 g/mol. The van der Waals surface area contributed by atoms with Crippen molar-refractivity contribution in [3.63, 3.8) is 0 Å². The van der Waals surface area contributed by atoms with E-state index in [4.69, 9.17) is 16.3 Å². The van der Waals surface area contributed by atoms with E-state index in [1.54, 1.807) is 55.0 Å². The van der Waals surface area contributed by atoms with E-state index in [-0.39, 0.29) is 5.56 Å². The Balaban J connectivity index is 1.98. The molecule has 0 unspecified atom stereocenters. The maximum absolute atomic E-state index is 13.5. The molecule has 0 atom stereocenters. The lowest BCUT2D eigenvalue weighted by molar-refractivity contribution is 0.317. The van der Waals surface area contributed by atoms with Crippen LogP contribution in [0.2, 0.25) is 5.02 Å². The standard InChI is InChI=1S/C25H19ClN4O2/c1-2-7-32-22-9-18(8-20(26)11-22)24-10-19(23-6-4-3-5-17(23)12-27)15-30(25(24)31)21-13-28-16-29-14-21/h3-6,8-11,13-16H,2,7H2,1H3. The smallest absolute Gasteiger partial charge is 0.263 e. The molecule has 0 amide bonds. The molecule has 2 aromatic heterocycles. The van der Waals surface area contributed by atoms with Crippen LogP contribution < -0.4 is 10.3 Å². The minimum Gasteiger partial charge on any atom is -0.494 e. The molecule has 0 spiro atoms. The summed E-state index contributed by atoms with van der Waals surface area (Å²) in [4.78, 5) is 21.6. The van der Waals surface area contributed by atoms with Crippen LogP contribution in [0.1, 0.15) is 18.9 Å². The molecule has 4 aromatic rings. The molecule has 0 aliphatic rings. The number of nitrogens with zero attached hydrogens (tertiary/aromatic N) is 4. The summed E-state index contributed by atoms with van der Waals surface area (Å²) in [6, 6.07) is 16.5. The number of ether oxygens (including phenoxy) is 1. The summed E-state index contributed by atoms with van der Waals surface area (Å²) < 4.78 is 7.23. The van der Waals surface area contributed by atoms with Gasteiger partial charge in [-0.3, -0.25) is 9.36 Å². The second-order valence-electron chi connectivity index (χ2n) is 7.10. The molecule has 0 aliphatic carbocycles. The monoisotopic (exact) mass is 442 g/mol. The maximum atomic E-state index is 13.5. The van der Waals surface area contributed by atoms with Gasteiger partial charge in [0.15, 0.2) is 0 Å². The van der Waals surface area contributed by atoms with E-state index in [1.807, 2.05) is 19.1 Å². The van der Waals surface area contributed by atoms with Crippen LogP contribution in [0.15, 0.2) is 78.2 Å². The highest BCUT2D eigenvalue weighted by Crippen LogP contribution is 2.31. The van der Waals surface area contributed by atoms with E-state index < -0.39 is 0 Å². The van der Waals surface area contributed by atoms with E-state index in [1.165, 1.54) is 10.9 Å². The minimum absolute atomic E-state index is 0.262. The van der Waals surface area contributed by atoms with E-state index >= 15 is 0 Å². The van der Waals surface area contributed by atoms with Gasteiger partial charge in [-0.2, -0.15) is 5.26 Å². The average molecular weight is 443 g/mol. The molecule has 0 N–H and O–H groups in total. The highest BCUT2D eigenvalue weighted by atomic mass is 35.5. The molecule has 6 nitrogen and oxygen atoms in total. The van der Waals surface area contributed by atoms with Crippen LogP contribution in [0, 0.1) is 11.3 Å². The van der Waals surface area contributed by atoms with E-state index in [9.17, 15) is 10.1 Å². The molecule has 0 saturated heterocycles. The average Bonchev–Trinajstić information content (AvgIpc) is 2.83. The van der Waals surface area contributed by atoms with Crippen molar-refractivity contribution in [1.82, 2.24) is 14.5 Å². The highest BCUT2D eigenvalue weighted by molar-refractivity contribution is 6.31. The summed E-state index contributed by atoms with van der Waals surface area (Å²) in [7, 11) is 0. The van der Waals surface area contributed by atoms with Crippen LogP contribution in [0.3, 0.4) is 0 Å². The Morgan fingerprint density at radius 1 is 1.06 bits per heavy atom. The Morgan fingerprint density at radius 3 is 2.59 bits per heavy atom. The van der Waals surface area contributed by atoms with Gasteiger partial charge in [-0.25, -0.2) is 9.97 Å². The van der Waals surface area contributed by atoms with Gasteiger partial charge in [-0.1, -0.05) is 36.7 Å². The van der Waals surface area contributed by atoms with Crippen molar-refractivity contribution in [3.05, 3.63) is 94.4 Å². The van der Waals surface area contributed by atoms with Gasteiger partial charge in [-0.05, 0) is 42.3 Å². The van der Waals surface area contributed by atoms with Gasteiger partial charge in [0.1, 0.15) is 12.1 Å². The van der Waals surface area contributed by atoms with Crippen LogP contribution in [0.5, 0.6) is 5.75 Å². The van der Waals surface area contributed by atoms with Crippen LogP contribution in [0.25, 0.3) is 27.9 Å². The summed E-state index contributed by atoms with van der Waals surface area (Å²) in [5.74, 6) is 0.589. The third kappa shape index (κ3) is 4.39. The first-order chi connectivity index (χ1) is 15.6. The first-order valence-corrected chi connectivity index (χ1v) is 10.4. The molecular formula is C25H19ClN4O2. The largest absolute Gasteiger partial charge is 0.494 e. The van der Waals surface area contributed by atoms with Crippen LogP contribution in [0.4, 0.5) is 0 Å². The van der Waals surface area contributed by atoms with Gasteiger partial charge in [0.25, 0.3) is 5.56 Å². The van der Waals surface area contributed by atoms with Gasteiger partial charge >= 0.3 is 0 Å². The predicted octanol–water partition coefficient (Wildman–Crippen LogP) is 5.28. The van der Waals surface area contributed by atoms with Gasteiger partial charge in [-0.15, -0.1) is 0 Å². The van der Waals surface area contributed by atoms with Gasteiger partial charge in [0, 0.05) is 27.9 Å². The summed E-state index contributed by atoms with van der Waals surface area (Å²) in [5, 5.41) is 10.1. The molecule has 4 rings (SSSR count). The Labute approximate surface area is 190 Å². The first kappa shape index (κ1) is 21.3. The van der Waals surface area contributed by atoms with E-state index in [0.717, 1.165) is 6.42 Å². The Morgan fingerprint density at radius 2 is 1.84 bits per heavy atom. The second kappa shape index (κ2) is 9.46. The zero-order valence-electron chi connectivity index (χ0n) is 17.3. The Bertz CT molecular complexity index is 1360. The van der Waals surface area contributed by atoms with Gasteiger partial charge < -0.3 is 4.74 Å². The summed E-state index contributed by atoms with van der Waals surface area (Å²) in [6.07, 6.45) is 7.07. The highest BCUT2D eigenvalue weighted by Gasteiger charge is 2.15. The Kier molecular flexibility index (Phi) is 6.29. The van der Waals surface area contributed by atoms with Gasteiger partial charge in [0.2, 0.25) is 0 Å². The summed E-state index contributed by atoms with van der Waals surface area (Å²) >= 11 is 6.34. The SMILES string of the molecule is CCCOc1cc(Cl)cc(-c2cc(-c3ccccc3C#N)cn(-c3cncnc3)c2=O)c1. The predicted molar refractivity (Wildman–Crippen MR) is 124 cm³/mol. The molecule has 7 heteroatoms. The van der Waals surface area contributed by atoms with Crippen molar-refractivity contribution in [2.75, 3.05) is 6.61 Å². The number of nitriles is 1. The molecule has 0 fully saturated rings.